The molecule has 3 rings (SSSR count). The minimum atomic E-state index is -0.969. The second kappa shape index (κ2) is 5.80. The molecule has 1 aliphatic heterocycles. The van der Waals surface area contributed by atoms with Crippen LogP contribution < -0.4 is 14.8 Å². The topological polar surface area (TPSA) is 87.0 Å². The molecule has 1 aliphatic rings. The predicted octanol–water partition coefficient (Wildman–Crippen LogP) is 2.19. The van der Waals surface area contributed by atoms with Gasteiger partial charge in [0.15, 0.2) is 17.6 Å². The van der Waals surface area contributed by atoms with Crippen molar-refractivity contribution in [2.24, 2.45) is 0 Å². The van der Waals surface area contributed by atoms with Crippen molar-refractivity contribution < 1.29 is 28.2 Å². The number of anilines is 1. The first kappa shape index (κ1) is 14.0. The molecule has 7 heteroatoms. The number of esters is 1. The van der Waals surface area contributed by atoms with Gasteiger partial charge in [-0.15, -0.1) is 0 Å². The SMILES string of the molecule is C[C@@H](OC(=O)c1ccco1)C(=O)Nc1ccc2c(c1)OCO2. The average molecular weight is 303 g/mol. The summed E-state index contributed by atoms with van der Waals surface area (Å²) in [6.07, 6.45) is 0.386. The maximum atomic E-state index is 12.0. The van der Waals surface area contributed by atoms with Gasteiger partial charge in [-0.25, -0.2) is 4.79 Å². The van der Waals surface area contributed by atoms with Crippen LogP contribution in [0.4, 0.5) is 5.69 Å². The first-order valence-corrected chi connectivity index (χ1v) is 6.58. The van der Waals surface area contributed by atoms with Crippen molar-refractivity contribution in [3.8, 4) is 11.5 Å². The van der Waals surface area contributed by atoms with Crippen LogP contribution in [0.5, 0.6) is 11.5 Å². The highest BCUT2D eigenvalue weighted by molar-refractivity contribution is 5.96. The van der Waals surface area contributed by atoms with Crippen LogP contribution in [0.3, 0.4) is 0 Å². The van der Waals surface area contributed by atoms with E-state index in [1.807, 2.05) is 0 Å². The molecule has 0 aliphatic carbocycles. The number of hydrogen-bond donors (Lipinski definition) is 1. The summed E-state index contributed by atoms with van der Waals surface area (Å²) >= 11 is 0. The Morgan fingerprint density at radius 3 is 2.82 bits per heavy atom. The van der Waals surface area contributed by atoms with Crippen LogP contribution in [0.1, 0.15) is 17.5 Å². The Morgan fingerprint density at radius 1 is 1.23 bits per heavy atom. The maximum Gasteiger partial charge on any atom is 0.374 e. The lowest BCUT2D eigenvalue weighted by molar-refractivity contribution is -0.123. The first-order chi connectivity index (χ1) is 10.6. The first-order valence-electron chi connectivity index (χ1n) is 6.58. The maximum absolute atomic E-state index is 12.0. The molecule has 2 heterocycles. The second-order valence-corrected chi connectivity index (χ2v) is 4.58. The number of rotatable bonds is 4. The number of amides is 1. The summed E-state index contributed by atoms with van der Waals surface area (Å²) in [5.41, 5.74) is 0.523. The molecule has 2 aromatic rings. The summed E-state index contributed by atoms with van der Waals surface area (Å²) in [5, 5.41) is 2.64. The number of fused-ring (bicyclic) bond motifs is 1. The van der Waals surface area contributed by atoms with Crippen LogP contribution in [0.2, 0.25) is 0 Å². The predicted molar refractivity (Wildman–Crippen MR) is 74.8 cm³/mol. The van der Waals surface area contributed by atoms with Gasteiger partial charge in [-0.1, -0.05) is 0 Å². The van der Waals surface area contributed by atoms with Crippen LogP contribution in [0, 0.1) is 0 Å². The number of ether oxygens (including phenoxy) is 3. The minimum absolute atomic E-state index is 0.0442. The van der Waals surface area contributed by atoms with Crippen molar-refractivity contribution in [3.63, 3.8) is 0 Å². The van der Waals surface area contributed by atoms with Gasteiger partial charge in [0.25, 0.3) is 5.91 Å². The number of benzene rings is 1. The monoisotopic (exact) mass is 303 g/mol. The average Bonchev–Trinajstić information content (AvgIpc) is 3.18. The molecule has 1 amide bonds. The Morgan fingerprint density at radius 2 is 2.05 bits per heavy atom. The third kappa shape index (κ3) is 2.88. The molecule has 114 valence electrons. The van der Waals surface area contributed by atoms with Crippen molar-refractivity contribution in [2.75, 3.05) is 12.1 Å². The van der Waals surface area contributed by atoms with E-state index in [1.165, 1.54) is 19.3 Å². The largest absolute Gasteiger partial charge is 0.457 e. The van der Waals surface area contributed by atoms with Gasteiger partial charge in [-0.3, -0.25) is 4.79 Å². The normalized spacial score (nSPS) is 13.5. The molecule has 0 saturated heterocycles. The van der Waals surface area contributed by atoms with E-state index >= 15 is 0 Å². The molecule has 0 fully saturated rings. The van der Waals surface area contributed by atoms with E-state index in [9.17, 15) is 9.59 Å². The fraction of sp³-hybridized carbons (Fsp3) is 0.200. The number of carbonyl (C=O) groups is 2. The summed E-state index contributed by atoms with van der Waals surface area (Å²) in [7, 11) is 0. The second-order valence-electron chi connectivity index (χ2n) is 4.58. The van der Waals surface area contributed by atoms with E-state index in [4.69, 9.17) is 18.6 Å². The summed E-state index contributed by atoms with van der Waals surface area (Å²) in [5.74, 6) is 0.0631. The number of furan rings is 1. The number of carbonyl (C=O) groups excluding carboxylic acids is 2. The molecular formula is C15H13NO6. The highest BCUT2D eigenvalue weighted by Gasteiger charge is 2.21. The van der Waals surface area contributed by atoms with Crippen LogP contribution in [-0.4, -0.2) is 24.8 Å². The Balaban J connectivity index is 1.60. The fourth-order valence-electron chi connectivity index (χ4n) is 1.89. The quantitative estimate of drug-likeness (QED) is 0.871. The van der Waals surface area contributed by atoms with E-state index in [0.717, 1.165) is 0 Å². The van der Waals surface area contributed by atoms with Crippen LogP contribution in [0.15, 0.2) is 41.0 Å². The summed E-state index contributed by atoms with van der Waals surface area (Å²) in [6.45, 7) is 1.63. The zero-order chi connectivity index (χ0) is 15.5. The number of nitrogens with one attached hydrogen (secondary N) is 1. The molecule has 1 atom stereocenters. The van der Waals surface area contributed by atoms with Crippen molar-refractivity contribution in [1.29, 1.82) is 0 Å². The molecule has 0 unspecified atom stereocenters. The summed E-state index contributed by atoms with van der Waals surface area (Å²) in [6, 6.07) is 8.03. The molecule has 1 aromatic carbocycles. The van der Waals surface area contributed by atoms with Gasteiger partial charge < -0.3 is 23.9 Å². The smallest absolute Gasteiger partial charge is 0.374 e. The van der Waals surface area contributed by atoms with Crippen LogP contribution in [-0.2, 0) is 9.53 Å². The van der Waals surface area contributed by atoms with Crippen LogP contribution >= 0.6 is 0 Å². The van der Waals surface area contributed by atoms with Gasteiger partial charge in [0.2, 0.25) is 12.6 Å². The Kier molecular flexibility index (Phi) is 3.69. The summed E-state index contributed by atoms with van der Waals surface area (Å²) in [4.78, 5) is 23.7. The molecule has 0 spiro atoms. The Bertz CT molecular complexity index is 694. The molecule has 1 N–H and O–H groups in total. The fourth-order valence-corrected chi connectivity index (χ4v) is 1.89. The van der Waals surface area contributed by atoms with Crippen molar-refractivity contribution in [2.45, 2.75) is 13.0 Å². The van der Waals surface area contributed by atoms with Gasteiger partial charge in [-0.2, -0.15) is 0 Å². The van der Waals surface area contributed by atoms with Gasteiger partial charge in [-0.05, 0) is 31.2 Å². The third-order valence-corrected chi connectivity index (χ3v) is 3.02. The van der Waals surface area contributed by atoms with E-state index in [-0.39, 0.29) is 12.6 Å². The van der Waals surface area contributed by atoms with Gasteiger partial charge in [0.05, 0.1) is 6.26 Å². The lowest BCUT2D eigenvalue weighted by atomic mass is 10.2. The van der Waals surface area contributed by atoms with Gasteiger partial charge in [0.1, 0.15) is 0 Å². The Labute approximate surface area is 125 Å². The lowest BCUT2D eigenvalue weighted by Gasteiger charge is -2.13. The van der Waals surface area contributed by atoms with Crippen LogP contribution in [0.25, 0.3) is 0 Å². The zero-order valence-electron chi connectivity index (χ0n) is 11.7. The van der Waals surface area contributed by atoms with Crippen molar-refractivity contribution in [1.82, 2.24) is 0 Å². The van der Waals surface area contributed by atoms with Crippen molar-refractivity contribution >= 4 is 17.6 Å². The summed E-state index contributed by atoms with van der Waals surface area (Å²) < 4.78 is 20.3. The van der Waals surface area contributed by atoms with E-state index in [2.05, 4.69) is 5.32 Å². The molecule has 22 heavy (non-hydrogen) atoms. The van der Waals surface area contributed by atoms with Gasteiger partial charge >= 0.3 is 5.97 Å². The minimum Gasteiger partial charge on any atom is -0.457 e. The van der Waals surface area contributed by atoms with Gasteiger partial charge in [0, 0.05) is 11.8 Å². The van der Waals surface area contributed by atoms with E-state index in [0.29, 0.717) is 17.2 Å². The molecule has 1 aromatic heterocycles. The molecule has 0 bridgehead atoms. The molecule has 0 radical (unpaired) electrons. The number of hydrogen-bond acceptors (Lipinski definition) is 6. The Hall–Kier alpha value is -2.96. The van der Waals surface area contributed by atoms with Crippen molar-refractivity contribution in [3.05, 3.63) is 42.4 Å². The molecule has 0 saturated carbocycles. The highest BCUT2D eigenvalue weighted by Crippen LogP contribution is 2.34. The zero-order valence-corrected chi connectivity index (χ0v) is 11.7. The van der Waals surface area contributed by atoms with E-state index < -0.39 is 18.0 Å². The third-order valence-electron chi connectivity index (χ3n) is 3.02. The standard InChI is InChI=1S/C15H13NO6/c1-9(22-15(18)12-3-2-6-19-12)14(17)16-10-4-5-11-13(7-10)21-8-20-11/h2-7,9H,8H2,1H3,(H,16,17)/t9-/m1/s1. The van der Waals surface area contributed by atoms with E-state index in [1.54, 1.807) is 24.3 Å². The molecule has 7 nitrogen and oxygen atoms in total. The molecular weight excluding hydrogens is 290 g/mol. The lowest BCUT2D eigenvalue weighted by Crippen LogP contribution is -2.29. The highest BCUT2D eigenvalue weighted by atomic mass is 16.7.